The van der Waals surface area contributed by atoms with Crippen LogP contribution in [0.3, 0.4) is 0 Å². The van der Waals surface area contributed by atoms with E-state index in [9.17, 15) is 13.2 Å². The number of aromatic nitrogens is 3. The fourth-order valence-corrected chi connectivity index (χ4v) is 4.47. The molecule has 1 fully saturated rings. The number of anilines is 1. The highest BCUT2D eigenvalue weighted by Crippen LogP contribution is 2.34. The van der Waals surface area contributed by atoms with Crippen LogP contribution in [0.25, 0.3) is 16.9 Å². The SMILES string of the molecule is FC(F)(F)c1ccc2nc(CC3CCCC3)n(-c3ccc4c(c3)CCN4)c2n1. The van der Waals surface area contributed by atoms with Crippen molar-refractivity contribution in [1.82, 2.24) is 14.5 Å². The third-order valence-corrected chi connectivity index (χ3v) is 5.87. The molecule has 2 aromatic heterocycles. The number of hydrogen-bond donors (Lipinski definition) is 1. The predicted octanol–water partition coefficient (Wildman–Crippen LogP) is 5.14. The zero-order chi connectivity index (χ0) is 19.3. The van der Waals surface area contributed by atoms with Crippen LogP contribution in [0.5, 0.6) is 0 Å². The molecule has 1 aliphatic heterocycles. The van der Waals surface area contributed by atoms with Gasteiger partial charge in [-0.15, -0.1) is 0 Å². The van der Waals surface area contributed by atoms with E-state index >= 15 is 0 Å². The van der Waals surface area contributed by atoms with Crippen LogP contribution in [0.4, 0.5) is 18.9 Å². The summed E-state index contributed by atoms with van der Waals surface area (Å²) in [6.45, 7) is 0.884. The number of alkyl halides is 3. The maximum atomic E-state index is 13.3. The minimum Gasteiger partial charge on any atom is -0.384 e. The lowest BCUT2D eigenvalue weighted by Gasteiger charge is -2.14. The second-order valence-corrected chi connectivity index (χ2v) is 7.77. The first-order valence-electron chi connectivity index (χ1n) is 9.82. The standard InChI is InChI=1S/C21H21F3N4/c22-21(23,24)18-8-7-17-20(27-18)28(19(26-17)11-13-3-1-2-4-13)15-5-6-16-14(12-15)9-10-25-16/h5-8,12-13,25H,1-4,9-11H2. The lowest BCUT2D eigenvalue weighted by molar-refractivity contribution is -0.141. The minimum absolute atomic E-state index is 0.286. The molecular formula is C21H21F3N4. The Morgan fingerprint density at radius 1 is 1.07 bits per heavy atom. The lowest BCUT2D eigenvalue weighted by Crippen LogP contribution is -2.10. The van der Waals surface area contributed by atoms with Crippen molar-refractivity contribution in [2.45, 2.75) is 44.7 Å². The van der Waals surface area contributed by atoms with E-state index < -0.39 is 11.9 Å². The van der Waals surface area contributed by atoms with Crippen molar-refractivity contribution in [2.24, 2.45) is 5.92 Å². The fourth-order valence-electron chi connectivity index (χ4n) is 4.47. The summed E-state index contributed by atoms with van der Waals surface area (Å²) in [5, 5.41) is 3.32. The molecule has 0 saturated heterocycles. The maximum Gasteiger partial charge on any atom is 0.433 e. The number of nitrogens with zero attached hydrogens (tertiary/aromatic N) is 3. The monoisotopic (exact) mass is 386 g/mol. The van der Waals surface area contributed by atoms with Gasteiger partial charge in [-0.25, -0.2) is 9.97 Å². The van der Waals surface area contributed by atoms with Crippen molar-refractivity contribution in [3.8, 4) is 5.69 Å². The molecule has 0 unspecified atom stereocenters. The van der Waals surface area contributed by atoms with Crippen LogP contribution in [0, 0.1) is 5.92 Å². The zero-order valence-corrected chi connectivity index (χ0v) is 15.4. The average Bonchev–Trinajstić information content (AvgIpc) is 3.39. The van der Waals surface area contributed by atoms with Crippen LogP contribution in [-0.4, -0.2) is 21.1 Å². The molecule has 1 saturated carbocycles. The van der Waals surface area contributed by atoms with Crippen molar-refractivity contribution >= 4 is 16.9 Å². The van der Waals surface area contributed by atoms with E-state index in [-0.39, 0.29) is 5.65 Å². The normalized spacial score (nSPS) is 17.2. The predicted molar refractivity (Wildman–Crippen MR) is 102 cm³/mol. The van der Waals surface area contributed by atoms with Gasteiger partial charge in [-0.3, -0.25) is 4.57 Å². The molecule has 0 atom stereocenters. The summed E-state index contributed by atoms with van der Waals surface area (Å²) in [5.41, 5.74) is 3.03. The lowest BCUT2D eigenvalue weighted by atomic mass is 10.0. The van der Waals surface area contributed by atoms with E-state index in [0.717, 1.165) is 55.5 Å². The molecule has 3 aromatic rings. The van der Waals surface area contributed by atoms with Gasteiger partial charge in [0, 0.05) is 24.3 Å². The van der Waals surface area contributed by atoms with Gasteiger partial charge in [-0.05, 0) is 48.2 Å². The molecule has 0 spiro atoms. The molecule has 1 N–H and O–H groups in total. The zero-order valence-electron chi connectivity index (χ0n) is 15.4. The second kappa shape index (κ2) is 6.50. The van der Waals surface area contributed by atoms with Crippen molar-refractivity contribution in [1.29, 1.82) is 0 Å². The van der Waals surface area contributed by atoms with Gasteiger partial charge < -0.3 is 5.32 Å². The Kier molecular flexibility index (Phi) is 4.07. The molecule has 0 amide bonds. The van der Waals surface area contributed by atoms with Crippen LogP contribution >= 0.6 is 0 Å². The van der Waals surface area contributed by atoms with Gasteiger partial charge in [0.25, 0.3) is 0 Å². The summed E-state index contributed by atoms with van der Waals surface area (Å²) >= 11 is 0. The maximum absolute atomic E-state index is 13.3. The molecule has 3 heterocycles. The highest BCUT2D eigenvalue weighted by molar-refractivity contribution is 5.75. The number of nitrogens with one attached hydrogen (secondary N) is 1. The van der Waals surface area contributed by atoms with Gasteiger partial charge in [0.2, 0.25) is 0 Å². The first-order chi connectivity index (χ1) is 13.5. The molecule has 7 heteroatoms. The molecule has 1 aromatic carbocycles. The molecule has 2 aliphatic rings. The van der Waals surface area contributed by atoms with Crippen LogP contribution in [-0.2, 0) is 19.0 Å². The van der Waals surface area contributed by atoms with Crippen LogP contribution in [0.2, 0.25) is 0 Å². The minimum atomic E-state index is -4.48. The van der Waals surface area contributed by atoms with Gasteiger partial charge >= 0.3 is 6.18 Å². The summed E-state index contributed by atoms with van der Waals surface area (Å²) in [6.07, 6.45) is 1.94. The van der Waals surface area contributed by atoms with Crippen molar-refractivity contribution in [2.75, 3.05) is 11.9 Å². The Balaban J connectivity index is 1.68. The van der Waals surface area contributed by atoms with Gasteiger partial charge in [0.1, 0.15) is 17.0 Å². The largest absolute Gasteiger partial charge is 0.433 e. The highest BCUT2D eigenvalue weighted by atomic mass is 19.4. The van der Waals surface area contributed by atoms with Crippen LogP contribution < -0.4 is 5.32 Å². The topological polar surface area (TPSA) is 42.7 Å². The molecule has 28 heavy (non-hydrogen) atoms. The van der Waals surface area contributed by atoms with Gasteiger partial charge in [0.05, 0.1) is 0 Å². The first kappa shape index (κ1) is 17.5. The van der Waals surface area contributed by atoms with Crippen molar-refractivity contribution in [3.05, 3.63) is 47.4 Å². The molecule has 4 nitrogen and oxygen atoms in total. The third-order valence-electron chi connectivity index (χ3n) is 5.87. The highest BCUT2D eigenvalue weighted by Gasteiger charge is 2.33. The van der Waals surface area contributed by atoms with Crippen LogP contribution in [0.1, 0.15) is 42.8 Å². The van der Waals surface area contributed by atoms with Gasteiger partial charge in [-0.1, -0.05) is 25.7 Å². The van der Waals surface area contributed by atoms with Gasteiger partial charge in [-0.2, -0.15) is 13.2 Å². The summed E-state index contributed by atoms with van der Waals surface area (Å²) in [6, 6.07) is 8.45. The molecule has 5 rings (SSSR count). The summed E-state index contributed by atoms with van der Waals surface area (Å²) in [7, 11) is 0. The summed E-state index contributed by atoms with van der Waals surface area (Å²) < 4.78 is 41.6. The Morgan fingerprint density at radius 3 is 2.68 bits per heavy atom. The average molecular weight is 386 g/mol. The summed E-state index contributed by atoms with van der Waals surface area (Å²) in [4.78, 5) is 8.66. The number of rotatable bonds is 3. The first-order valence-corrected chi connectivity index (χ1v) is 9.82. The van der Waals surface area contributed by atoms with Crippen molar-refractivity contribution in [3.63, 3.8) is 0 Å². The van der Waals surface area contributed by atoms with E-state index in [0.29, 0.717) is 11.4 Å². The summed E-state index contributed by atoms with van der Waals surface area (Å²) in [5.74, 6) is 1.34. The van der Waals surface area contributed by atoms with E-state index in [1.807, 2.05) is 16.7 Å². The number of fused-ring (bicyclic) bond motifs is 2. The molecular weight excluding hydrogens is 365 g/mol. The van der Waals surface area contributed by atoms with E-state index in [1.165, 1.54) is 24.5 Å². The smallest absolute Gasteiger partial charge is 0.384 e. The number of halogens is 3. The molecule has 0 bridgehead atoms. The Hall–Kier alpha value is -2.57. The van der Waals surface area contributed by atoms with Crippen LogP contribution in [0.15, 0.2) is 30.3 Å². The van der Waals surface area contributed by atoms with Gasteiger partial charge in [0.15, 0.2) is 5.65 Å². The molecule has 1 aliphatic carbocycles. The number of benzene rings is 1. The van der Waals surface area contributed by atoms with E-state index in [1.54, 1.807) is 0 Å². The second-order valence-electron chi connectivity index (χ2n) is 7.77. The number of hydrogen-bond acceptors (Lipinski definition) is 3. The van der Waals surface area contributed by atoms with Crippen molar-refractivity contribution < 1.29 is 13.2 Å². The molecule has 0 radical (unpaired) electrons. The van der Waals surface area contributed by atoms with E-state index in [4.69, 9.17) is 0 Å². The number of pyridine rings is 1. The number of imidazole rings is 1. The Bertz CT molecular complexity index is 1030. The Labute approximate surface area is 160 Å². The Morgan fingerprint density at radius 2 is 1.89 bits per heavy atom. The fraction of sp³-hybridized carbons (Fsp3) is 0.429. The third kappa shape index (κ3) is 3.02. The molecule has 146 valence electrons. The van der Waals surface area contributed by atoms with E-state index in [2.05, 4.69) is 21.4 Å². The quantitative estimate of drug-likeness (QED) is 0.678.